The first-order valence-corrected chi connectivity index (χ1v) is 12.7. The summed E-state index contributed by atoms with van der Waals surface area (Å²) in [5, 5.41) is 3.63. The Kier molecular flexibility index (Phi) is 7.36. The Bertz CT molecular complexity index is 1340. The van der Waals surface area contributed by atoms with Crippen LogP contribution >= 0.6 is 0 Å². The Morgan fingerprint density at radius 1 is 0.806 bits per heavy atom. The van der Waals surface area contributed by atoms with Crippen LogP contribution in [0.1, 0.15) is 42.5 Å². The van der Waals surface area contributed by atoms with E-state index in [1.807, 2.05) is 54.6 Å². The van der Waals surface area contributed by atoms with Gasteiger partial charge in [-0.25, -0.2) is 9.78 Å². The molecule has 1 aromatic heterocycles. The SMILES string of the molecule is O=C(COC(=O)c1cc(-c2ccc(-c3ccccc3)cc2)nc2ccccc12)NCC1CCCCC1. The Labute approximate surface area is 211 Å². The van der Waals surface area contributed by atoms with Crippen molar-refractivity contribution < 1.29 is 14.3 Å². The first-order valence-electron chi connectivity index (χ1n) is 12.7. The van der Waals surface area contributed by atoms with Gasteiger partial charge in [-0.15, -0.1) is 0 Å². The molecule has 0 atom stereocenters. The van der Waals surface area contributed by atoms with E-state index >= 15 is 0 Å². The third-order valence-corrected chi connectivity index (χ3v) is 6.87. The van der Waals surface area contributed by atoms with Gasteiger partial charge < -0.3 is 10.1 Å². The number of hydrogen-bond acceptors (Lipinski definition) is 4. The number of carbonyl (C=O) groups excluding carboxylic acids is 2. The van der Waals surface area contributed by atoms with E-state index in [9.17, 15) is 9.59 Å². The van der Waals surface area contributed by atoms with Gasteiger partial charge in [-0.1, -0.05) is 92.1 Å². The topological polar surface area (TPSA) is 68.3 Å². The first-order chi connectivity index (χ1) is 17.7. The Morgan fingerprint density at radius 2 is 1.47 bits per heavy atom. The van der Waals surface area contributed by atoms with Crippen molar-refractivity contribution in [2.24, 2.45) is 5.92 Å². The molecular formula is C31H30N2O3. The number of rotatable bonds is 7. The molecule has 0 unspecified atom stereocenters. The lowest BCUT2D eigenvalue weighted by Gasteiger charge is -2.21. The van der Waals surface area contributed by atoms with Crippen LogP contribution in [-0.2, 0) is 9.53 Å². The van der Waals surface area contributed by atoms with Gasteiger partial charge >= 0.3 is 5.97 Å². The van der Waals surface area contributed by atoms with Crippen LogP contribution in [0.4, 0.5) is 0 Å². The fraction of sp³-hybridized carbons (Fsp3) is 0.258. The smallest absolute Gasteiger partial charge is 0.339 e. The monoisotopic (exact) mass is 478 g/mol. The van der Waals surface area contributed by atoms with E-state index < -0.39 is 5.97 Å². The zero-order chi connectivity index (χ0) is 24.7. The standard InChI is InChI=1S/C31H30N2O3/c34-30(32-20-22-9-3-1-4-10-22)21-36-31(35)27-19-29(33-28-14-8-7-13-26(27)28)25-17-15-24(16-18-25)23-11-5-2-6-12-23/h2,5-8,11-19,22H,1,3-4,9-10,20-21H2,(H,32,34). The van der Waals surface area contributed by atoms with Crippen molar-refractivity contribution in [1.82, 2.24) is 10.3 Å². The first kappa shape index (κ1) is 23.7. The average Bonchev–Trinajstić information content (AvgIpc) is 2.95. The van der Waals surface area contributed by atoms with Gasteiger partial charge in [-0.2, -0.15) is 0 Å². The Morgan fingerprint density at radius 3 is 2.25 bits per heavy atom. The van der Waals surface area contributed by atoms with E-state index in [2.05, 4.69) is 29.6 Å². The number of nitrogens with zero attached hydrogens (tertiary/aromatic N) is 1. The quantitative estimate of drug-likeness (QED) is 0.311. The van der Waals surface area contributed by atoms with Gasteiger partial charge in [0, 0.05) is 17.5 Å². The summed E-state index contributed by atoms with van der Waals surface area (Å²) in [5.41, 5.74) is 4.95. The lowest BCUT2D eigenvalue weighted by atomic mass is 9.89. The summed E-state index contributed by atoms with van der Waals surface area (Å²) in [5.74, 6) is -0.258. The van der Waals surface area contributed by atoms with Crippen LogP contribution < -0.4 is 5.32 Å². The number of nitrogens with one attached hydrogen (secondary N) is 1. The van der Waals surface area contributed by atoms with Crippen molar-refractivity contribution in [3.63, 3.8) is 0 Å². The maximum absolute atomic E-state index is 13.1. The predicted molar refractivity (Wildman–Crippen MR) is 142 cm³/mol. The molecular weight excluding hydrogens is 448 g/mol. The summed E-state index contributed by atoms with van der Waals surface area (Å²) in [6.45, 7) is 0.362. The van der Waals surface area contributed by atoms with Crippen LogP contribution in [0.2, 0.25) is 0 Å². The van der Waals surface area contributed by atoms with Crippen molar-refractivity contribution in [2.75, 3.05) is 13.2 Å². The highest BCUT2D eigenvalue weighted by Crippen LogP contribution is 2.28. The molecule has 5 nitrogen and oxygen atoms in total. The van der Waals surface area contributed by atoms with Gasteiger partial charge in [0.15, 0.2) is 6.61 Å². The molecule has 1 N–H and O–H groups in total. The molecule has 5 heteroatoms. The molecule has 182 valence electrons. The fourth-order valence-electron chi connectivity index (χ4n) is 4.87. The molecule has 0 saturated heterocycles. The molecule has 1 saturated carbocycles. The predicted octanol–water partition coefficient (Wildman–Crippen LogP) is 6.42. The molecule has 1 fully saturated rings. The third-order valence-electron chi connectivity index (χ3n) is 6.87. The molecule has 4 aromatic rings. The summed E-state index contributed by atoms with van der Waals surface area (Å²) >= 11 is 0. The Hall–Kier alpha value is -3.99. The molecule has 1 heterocycles. The van der Waals surface area contributed by atoms with Crippen LogP contribution in [0.15, 0.2) is 84.9 Å². The lowest BCUT2D eigenvalue weighted by Crippen LogP contribution is -2.33. The van der Waals surface area contributed by atoms with Crippen molar-refractivity contribution in [1.29, 1.82) is 0 Å². The minimum absolute atomic E-state index is 0.260. The van der Waals surface area contributed by atoms with Crippen LogP contribution in [-0.4, -0.2) is 30.0 Å². The number of esters is 1. The lowest BCUT2D eigenvalue weighted by molar-refractivity contribution is -0.124. The molecule has 1 amide bonds. The summed E-state index contributed by atoms with van der Waals surface area (Å²) in [4.78, 5) is 30.2. The molecule has 1 aliphatic carbocycles. The summed E-state index contributed by atoms with van der Waals surface area (Å²) in [6.07, 6.45) is 6.03. The normalized spacial score (nSPS) is 13.9. The number of carbonyl (C=O) groups is 2. The second-order valence-corrected chi connectivity index (χ2v) is 9.40. The third kappa shape index (κ3) is 5.62. The number of amides is 1. The number of pyridine rings is 1. The molecule has 0 aliphatic heterocycles. The molecule has 1 aliphatic rings. The zero-order valence-electron chi connectivity index (χ0n) is 20.3. The molecule has 36 heavy (non-hydrogen) atoms. The molecule has 5 rings (SSSR count). The van der Waals surface area contributed by atoms with E-state index in [0.717, 1.165) is 29.5 Å². The van der Waals surface area contributed by atoms with Gasteiger partial charge in [0.1, 0.15) is 0 Å². The van der Waals surface area contributed by atoms with Crippen LogP contribution in [0.3, 0.4) is 0 Å². The number of hydrogen-bond donors (Lipinski definition) is 1. The maximum Gasteiger partial charge on any atom is 0.339 e. The Balaban J connectivity index is 1.32. The van der Waals surface area contributed by atoms with E-state index in [1.165, 1.54) is 19.3 Å². The zero-order valence-corrected chi connectivity index (χ0v) is 20.3. The maximum atomic E-state index is 13.1. The van der Waals surface area contributed by atoms with Gasteiger partial charge in [0.05, 0.1) is 16.8 Å². The van der Waals surface area contributed by atoms with E-state index in [1.54, 1.807) is 6.07 Å². The van der Waals surface area contributed by atoms with Crippen molar-refractivity contribution in [2.45, 2.75) is 32.1 Å². The van der Waals surface area contributed by atoms with Gasteiger partial charge in [0.25, 0.3) is 5.91 Å². The summed E-state index contributed by atoms with van der Waals surface area (Å²) < 4.78 is 5.43. The molecule has 3 aromatic carbocycles. The van der Waals surface area contributed by atoms with Crippen molar-refractivity contribution in [3.05, 3.63) is 90.5 Å². The minimum Gasteiger partial charge on any atom is -0.452 e. The average molecular weight is 479 g/mol. The largest absolute Gasteiger partial charge is 0.452 e. The number of fused-ring (bicyclic) bond motifs is 1. The van der Waals surface area contributed by atoms with E-state index in [4.69, 9.17) is 9.72 Å². The number of ether oxygens (including phenoxy) is 1. The molecule has 0 bridgehead atoms. The van der Waals surface area contributed by atoms with Gasteiger partial charge in [0.2, 0.25) is 0 Å². The van der Waals surface area contributed by atoms with Crippen LogP contribution in [0.5, 0.6) is 0 Å². The number of aromatic nitrogens is 1. The van der Waals surface area contributed by atoms with Crippen molar-refractivity contribution in [3.8, 4) is 22.4 Å². The molecule has 0 spiro atoms. The van der Waals surface area contributed by atoms with Gasteiger partial charge in [-0.3, -0.25) is 4.79 Å². The summed E-state index contributed by atoms with van der Waals surface area (Å²) in [7, 11) is 0. The molecule has 0 radical (unpaired) electrons. The van der Waals surface area contributed by atoms with E-state index in [-0.39, 0.29) is 12.5 Å². The second kappa shape index (κ2) is 11.2. The fourth-order valence-corrected chi connectivity index (χ4v) is 4.87. The van der Waals surface area contributed by atoms with Crippen LogP contribution in [0.25, 0.3) is 33.3 Å². The van der Waals surface area contributed by atoms with Crippen LogP contribution in [0, 0.1) is 5.92 Å². The number of para-hydroxylation sites is 1. The highest BCUT2D eigenvalue weighted by atomic mass is 16.5. The second-order valence-electron chi connectivity index (χ2n) is 9.40. The highest BCUT2D eigenvalue weighted by molar-refractivity contribution is 6.05. The van der Waals surface area contributed by atoms with E-state index in [0.29, 0.717) is 34.6 Å². The number of benzene rings is 3. The summed E-state index contributed by atoms with van der Waals surface area (Å²) in [6, 6.07) is 27.5. The minimum atomic E-state index is -0.524. The van der Waals surface area contributed by atoms with Crippen molar-refractivity contribution >= 4 is 22.8 Å². The van der Waals surface area contributed by atoms with Gasteiger partial charge in [-0.05, 0) is 42.0 Å². The highest BCUT2D eigenvalue weighted by Gasteiger charge is 2.18.